The van der Waals surface area contributed by atoms with Crippen LogP contribution in [0.1, 0.15) is 88.7 Å². The third-order valence-corrected chi connectivity index (χ3v) is 6.59. The highest BCUT2D eigenvalue weighted by Gasteiger charge is 2.21. The second kappa shape index (κ2) is 18.0. The molecule has 2 aromatic carbocycles. The molecule has 0 atom stereocenters. The maximum absolute atomic E-state index is 12.3. The van der Waals surface area contributed by atoms with Crippen LogP contribution < -0.4 is 4.74 Å². The smallest absolute Gasteiger partial charge is 0.361 e. The summed E-state index contributed by atoms with van der Waals surface area (Å²) in [5.41, 5.74) is 2.54. The number of nitrogens with zero attached hydrogens (tertiary/aromatic N) is 1. The zero-order valence-corrected chi connectivity index (χ0v) is 23.2. The first-order chi connectivity index (χ1) is 17.5. The minimum absolute atomic E-state index is 0.136. The highest BCUT2D eigenvalue weighted by Crippen LogP contribution is 2.21. The Bertz CT molecular complexity index is 834. The molecule has 0 aliphatic carbocycles. The van der Waals surface area contributed by atoms with Crippen molar-refractivity contribution in [2.24, 2.45) is 0 Å². The van der Waals surface area contributed by atoms with E-state index in [2.05, 4.69) is 51.4 Å². The summed E-state index contributed by atoms with van der Waals surface area (Å²) in [5, 5.41) is 0. The van der Waals surface area contributed by atoms with Gasteiger partial charge in [-0.3, -0.25) is 0 Å². The fraction of sp³-hybridized carbons (Fsp3) is 0.594. The van der Waals surface area contributed by atoms with Crippen molar-refractivity contribution in [1.29, 1.82) is 0 Å². The number of benzene rings is 2. The molecule has 0 N–H and O–H groups in total. The van der Waals surface area contributed by atoms with Gasteiger partial charge in [-0.15, -0.1) is 0 Å². The number of quaternary nitrogens is 1. The molecule has 0 fully saturated rings. The Morgan fingerprint density at radius 3 is 2.06 bits per heavy atom. The molecule has 0 heterocycles. The number of para-hydroxylation sites is 1. The molecule has 200 valence electrons. The van der Waals surface area contributed by atoms with Crippen LogP contribution in [0.5, 0.6) is 5.75 Å². The Morgan fingerprint density at radius 2 is 1.33 bits per heavy atom. The highest BCUT2D eigenvalue weighted by molar-refractivity contribution is 5.70. The molecule has 0 saturated heterocycles. The molecule has 0 spiro atoms. The molecule has 4 heteroatoms. The van der Waals surface area contributed by atoms with Crippen molar-refractivity contribution in [3.05, 3.63) is 65.7 Å². The topological polar surface area (TPSA) is 35.5 Å². The molecule has 0 radical (unpaired) electrons. The minimum atomic E-state index is -0.136. The van der Waals surface area contributed by atoms with Crippen molar-refractivity contribution >= 4 is 5.97 Å². The van der Waals surface area contributed by atoms with Crippen LogP contribution in [0.2, 0.25) is 0 Å². The van der Waals surface area contributed by atoms with E-state index in [0.29, 0.717) is 24.2 Å². The Labute approximate surface area is 220 Å². The lowest BCUT2D eigenvalue weighted by Gasteiger charge is -2.28. The molecule has 36 heavy (non-hydrogen) atoms. The molecular formula is C32H50NO3+. The second-order valence-corrected chi connectivity index (χ2v) is 10.7. The van der Waals surface area contributed by atoms with Crippen molar-refractivity contribution in [3.8, 4) is 5.75 Å². The van der Waals surface area contributed by atoms with Crippen LogP contribution in [0, 0.1) is 0 Å². The number of hydrogen-bond donors (Lipinski definition) is 0. The molecule has 4 nitrogen and oxygen atoms in total. The summed E-state index contributed by atoms with van der Waals surface area (Å²) in [5.74, 6) is 0.872. The van der Waals surface area contributed by atoms with Gasteiger partial charge in [-0.25, -0.2) is 4.79 Å². The van der Waals surface area contributed by atoms with Crippen molar-refractivity contribution in [2.75, 3.05) is 33.9 Å². The predicted molar refractivity (Wildman–Crippen MR) is 150 cm³/mol. The number of rotatable bonds is 20. The molecule has 0 aromatic heterocycles. The molecule has 2 aromatic rings. The van der Waals surface area contributed by atoms with E-state index in [4.69, 9.17) is 9.47 Å². The quantitative estimate of drug-likeness (QED) is 0.107. The van der Waals surface area contributed by atoms with Crippen LogP contribution in [0.4, 0.5) is 0 Å². The highest BCUT2D eigenvalue weighted by atomic mass is 16.5. The lowest BCUT2D eigenvalue weighted by molar-refractivity contribution is -0.896. The summed E-state index contributed by atoms with van der Waals surface area (Å²) in [4.78, 5) is 12.3. The van der Waals surface area contributed by atoms with Gasteiger partial charge >= 0.3 is 5.97 Å². The van der Waals surface area contributed by atoms with Crippen LogP contribution in [-0.4, -0.2) is 44.3 Å². The Kier molecular flexibility index (Phi) is 14.9. The van der Waals surface area contributed by atoms with E-state index in [9.17, 15) is 4.79 Å². The Hall–Kier alpha value is -2.33. The third-order valence-electron chi connectivity index (χ3n) is 6.59. The maximum atomic E-state index is 12.3. The van der Waals surface area contributed by atoms with Gasteiger partial charge in [-0.1, -0.05) is 107 Å². The summed E-state index contributed by atoms with van der Waals surface area (Å²) in [6.07, 6.45) is 14.9. The molecule has 0 bridgehead atoms. The fourth-order valence-corrected chi connectivity index (χ4v) is 4.58. The van der Waals surface area contributed by atoms with Crippen molar-refractivity contribution < 1.29 is 18.8 Å². The molecular weight excluding hydrogens is 446 g/mol. The SMILES string of the molecule is CCCCCCCCCCCc1ccccc1OCCCCOC(=O)C[N+](C)(C)Cc1ccccc1. The van der Waals surface area contributed by atoms with Gasteiger partial charge in [0.25, 0.3) is 0 Å². The largest absolute Gasteiger partial charge is 0.493 e. The van der Waals surface area contributed by atoms with Crippen molar-refractivity contribution in [3.63, 3.8) is 0 Å². The summed E-state index contributed by atoms with van der Waals surface area (Å²) in [6, 6.07) is 18.7. The van der Waals surface area contributed by atoms with E-state index in [-0.39, 0.29) is 5.97 Å². The normalized spacial score (nSPS) is 11.4. The van der Waals surface area contributed by atoms with Gasteiger partial charge in [0.05, 0.1) is 27.3 Å². The first-order valence-electron chi connectivity index (χ1n) is 14.2. The second-order valence-electron chi connectivity index (χ2n) is 10.7. The number of carbonyl (C=O) groups excluding carboxylic acids is 1. The van der Waals surface area contributed by atoms with E-state index in [1.54, 1.807) is 0 Å². The number of hydrogen-bond acceptors (Lipinski definition) is 3. The standard InChI is InChI=1S/C32H50NO3/c1-4-5-6-7-8-9-10-11-15-22-30-23-16-17-24-31(30)35-25-18-19-26-36-32(34)28-33(2,3)27-29-20-13-12-14-21-29/h12-14,16-17,20-21,23-24H,4-11,15,18-19,22,25-28H2,1-3H3/q+1. The van der Waals surface area contributed by atoms with Gasteiger partial charge < -0.3 is 14.0 Å². The summed E-state index contributed by atoms with van der Waals surface area (Å²) < 4.78 is 12.2. The lowest BCUT2D eigenvalue weighted by Crippen LogP contribution is -2.43. The minimum Gasteiger partial charge on any atom is -0.493 e. The van der Waals surface area contributed by atoms with Gasteiger partial charge in [0.2, 0.25) is 0 Å². The fourth-order valence-electron chi connectivity index (χ4n) is 4.58. The van der Waals surface area contributed by atoms with Gasteiger partial charge in [-0.2, -0.15) is 0 Å². The zero-order chi connectivity index (χ0) is 25.9. The maximum Gasteiger partial charge on any atom is 0.361 e. The van der Waals surface area contributed by atoms with Crippen molar-refractivity contribution in [2.45, 2.75) is 90.5 Å². The summed E-state index contributed by atoms with van der Waals surface area (Å²) in [6.45, 7) is 4.56. The third kappa shape index (κ3) is 13.7. The van der Waals surface area contributed by atoms with Crippen LogP contribution in [-0.2, 0) is 22.5 Å². The average Bonchev–Trinajstić information content (AvgIpc) is 2.86. The van der Waals surface area contributed by atoms with Crippen LogP contribution in [0.25, 0.3) is 0 Å². The number of carbonyl (C=O) groups is 1. The Morgan fingerprint density at radius 1 is 0.722 bits per heavy atom. The number of unbranched alkanes of at least 4 members (excludes halogenated alkanes) is 9. The summed E-state index contributed by atoms with van der Waals surface area (Å²) >= 11 is 0. The molecule has 0 unspecified atom stereocenters. The Balaban J connectivity index is 1.55. The molecule has 0 aliphatic rings. The first kappa shape index (κ1) is 29.9. The number of esters is 1. The monoisotopic (exact) mass is 496 g/mol. The zero-order valence-electron chi connectivity index (χ0n) is 23.2. The van der Waals surface area contributed by atoms with E-state index in [1.807, 2.05) is 24.3 Å². The number of likely N-dealkylation sites (N-methyl/N-ethyl adjacent to an activating group) is 1. The average molecular weight is 497 g/mol. The van der Waals surface area contributed by atoms with E-state index in [1.165, 1.54) is 68.9 Å². The molecule has 0 saturated carbocycles. The molecule has 0 aliphatic heterocycles. The lowest BCUT2D eigenvalue weighted by atomic mass is 10.0. The van der Waals surface area contributed by atoms with E-state index < -0.39 is 0 Å². The van der Waals surface area contributed by atoms with Crippen molar-refractivity contribution in [1.82, 2.24) is 0 Å². The van der Waals surface area contributed by atoms with Crippen LogP contribution in [0.15, 0.2) is 54.6 Å². The van der Waals surface area contributed by atoms with E-state index in [0.717, 1.165) is 31.6 Å². The summed E-state index contributed by atoms with van der Waals surface area (Å²) in [7, 11) is 4.13. The van der Waals surface area contributed by atoms with Gasteiger partial charge in [0, 0.05) is 5.56 Å². The van der Waals surface area contributed by atoms with Gasteiger partial charge in [0.15, 0.2) is 6.54 Å². The predicted octanol–water partition coefficient (Wildman–Crippen LogP) is 7.74. The van der Waals surface area contributed by atoms with Gasteiger partial charge in [0.1, 0.15) is 12.3 Å². The van der Waals surface area contributed by atoms with Crippen LogP contribution >= 0.6 is 0 Å². The van der Waals surface area contributed by atoms with Crippen LogP contribution in [0.3, 0.4) is 0 Å². The van der Waals surface area contributed by atoms with E-state index >= 15 is 0 Å². The van der Waals surface area contributed by atoms with Gasteiger partial charge in [-0.05, 0) is 37.3 Å². The number of ether oxygens (including phenoxy) is 2. The molecule has 2 rings (SSSR count). The first-order valence-corrected chi connectivity index (χ1v) is 14.2. The molecule has 0 amide bonds. The number of aryl methyl sites for hydroxylation is 1.